The van der Waals surface area contributed by atoms with Crippen molar-refractivity contribution in [2.24, 2.45) is 0 Å². The van der Waals surface area contributed by atoms with Gasteiger partial charge in [-0.2, -0.15) is 0 Å². The molecule has 2 aromatic heterocycles. The van der Waals surface area contributed by atoms with E-state index < -0.39 is 0 Å². The number of hydrogen-bond donors (Lipinski definition) is 2. The van der Waals surface area contributed by atoms with Gasteiger partial charge in [0.1, 0.15) is 5.69 Å². The lowest BCUT2D eigenvalue weighted by atomic mass is 10.2. The van der Waals surface area contributed by atoms with E-state index in [9.17, 15) is 4.79 Å². The van der Waals surface area contributed by atoms with E-state index in [1.165, 1.54) is 0 Å². The first-order valence-electron chi connectivity index (χ1n) is 7.16. The highest BCUT2D eigenvalue weighted by molar-refractivity contribution is 5.93. The molecule has 2 heterocycles. The lowest BCUT2D eigenvalue weighted by molar-refractivity contribution is 0.0949. The molecule has 0 aliphatic carbocycles. The van der Waals surface area contributed by atoms with E-state index in [0.29, 0.717) is 12.2 Å². The number of carbonyl (C=O) groups excluding carboxylic acids is 1. The van der Waals surface area contributed by atoms with Gasteiger partial charge in [-0.3, -0.25) is 14.8 Å². The minimum Gasteiger partial charge on any atom is -0.385 e. The number of rotatable bonds is 7. The number of hydrogen-bond acceptors (Lipinski definition) is 4. The minimum absolute atomic E-state index is 0.149. The van der Waals surface area contributed by atoms with Gasteiger partial charge in [-0.15, -0.1) is 0 Å². The highest BCUT2D eigenvalue weighted by Gasteiger charge is 2.07. The summed E-state index contributed by atoms with van der Waals surface area (Å²) in [4.78, 5) is 20.1. The fraction of sp³-hybridized carbons (Fsp3) is 0.312. The third-order valence-electron chi connectivity index (χ3n) is 3.02. The van der Waals surface area contributed by atoms with Gasteiger partial charge in [-0.05, 0) is 42.7 Å². The van der Waals surface area contributed by atoms with Gasteiger partial charge in [0.25, 0.3) is 5.91 Å². The Bertz CT molecular complexity index is 571. The van der Waals surface area contributed by atoms with Crippen molar-refractivity contribution >= 4 is 11.6 Å². The molecular weight excluding hydrogens is 264 g/mol. The van der Waals surface area contributed by atoms with Gasteiger partial charge in [0.15, 0.2) is 0 Å². The molecular formula is C16H20N4O. The first kappa shape index (κ1) is 15.0. The van der Waals surface area contributed by atoms with E-state index in [-0.39, 0.29) is 5.91 Å². The highest BCUT2D eigenvalue weighted by Crippen LogP contribution is 2.08. The molecule has 0 aliphatic rings. The summed E-state index contributed by atoms with van der Waals surface area (Å²) in [6, 6.07) is 7.53. The average Bonchev–Trinajstić information content (AvgIpc) is 2.54. The van der Waals surface area contributed by atoms with Crippen molar-refractivity contribution in [3.63, 3.8) is 0 Å². The molecule has 110 valence electrons. The molecule has 0 spiro atoms. The Labute approximate surface area is 124 Å². The summed E-state index contributed by atoms with van der Waals surface area (Å²) >= 11 is 0. The topological polar surface area (TPSA) is 66.9 Å². The maximum atomic E-state index is 12.0. The number of aromatic nitrogens is 2. The Hall–Kier alpha value is -2.43. The van der Waals surface area contributed by atoms with Gasteiger partial charge < -0.3 is 10.6 Å². The molecule has 5 nitrogen and oxygen atoms in total. The molecule has 1 amide bonds. The monoisotopic (exact) mass is 284 g/mol. The zero-order valence-corrected chi connectivity index (χ0v) is 12.2. The lowest BCUT2D eigenvalue weighted by Gasteiger charge is -2.07. The van der Waals surface area contributed by atoms with E-state index in [0.717, 1.165) is 30.6 Å². The third-order valence-corrected chi connectivity index (χ3v) is 3.02. The van der Waals surface area contributed by atoms with Gasteiger partial charge in [-0.25, -0.2) is 0 Å². The molecule has 5 heteroatoms. The molecule has 0 aromatic carbocycles. The number of anilines is 1. The van der Waals surface area contributed by atoms with E-state index in [2.05, 4.69) is 27.5 Å². The average molecular weight is 284 g/mol. The van der Waals surface area contributed by atoms with Crippen LogP contribution in [0, 0.1) is 0 Å². The summed E-state index contributed by atoms with van der Waals surface area (Å²) in [6.45, 7) is 3.56. The van der Waals surface area contributed by atoms with E-state index >= 15 is 0 Å². The minimum atomic E-state index is -0.149. The maximum absolute atomic E-state index is 12.0. The predicted octanol–water partition coefficient (Wildman–Crippen LogP) is 2.27. The SMILES string of the molecule is CCCNc1ccnc(C(=O)NCCc2ccncc2)c1. The van der Waals surface area contributed by atoms with Crippen LogP contribution in [0.4, 0.5) is 5.69 Å². The highest BCUT2D eigenvalue weighted by atomic mass is 16.1. The van der Waals surface area contributed by atoms with E-state index in [1.807, 2.05) is 18.2 Å². The fourth-order valence-corrected chi connectivity index (χ4v) is 1.89. The first-order chi connectivity index (χ1) is 10.3. The van der Waals surface area contributed by atoms with Crippen LogP contribution in [-0.2, 0) is 6.42 Å². The van der Waals surface area contributed by atoms with Gasteiger partial charge >= 0.3 is 0 Å². The number of nitrogens with zero attached hydrogens (tertiary/aromatic N) is 2. The Kier molecular flexibility index (Phi) is 5.70. The maximum Gasteiger partial charge on any atom is 0.269 e. The quantitative estimate of drug-likeness (QED) is 0.818. The molecule has 0 saturated heterocycles. The molecule has 0 bridgehead atoms. The van der Waals surface area contributed by atoms with Gasteiger partial charge in [0.05, 0.1) is 0 Å². The van der Waals surface area contributed by atoms with Gasteiger partial charge in [-0.1, -0.05) is 6.92 Å². The standard InChI is InChI=1S/C16H20N4O/c1-2-7-18-14-6-11-19-15(12-14)16(21)20-10-5-13-3-8-17-9-4-13/h3-4,6,8-9,11-12H,2,5,7,10H2,1H3,(H,18,19)(H,20,21). The van der Waals surface area contributed by atoms with E-state index in [4.69, 9.17) is 0 Å². The summed E-state index contributed by atoms with van der Waals surface area (Å²) in [5.41, 5.74) is 2.51. The molecule has 2 rings (SSSR count). The van der Waals surface area contributed by atoms with Gasteiger partial charge in [0.2, 0.25) is 0 Å². The smallest absolute Gasteiger partial charge is 0.269 e. The van der Waals surface area contributed by atoms with Crippen LogP contribution in [0.1, 0.15) is 29.4 Å². The Balaban J connectivity index is 1.85. The van der Waals surface area contributed by atoms with Crippen LogP contribution in [-0.4, -0.2) is 29.0 Å². The van der Waals surface area contributed by atoms with E-state index in [1.54, 1.807) is 24.7 Å². The van der Waals surface area contributed by atoms with Crippen LogP contribution < -0.4 is 10.6 Å². The third kappa shape index (κ3) is 4.87. The van der Waals surface area contributed by atoms with Crippen molar-refractivity contribution < 1.29 is 4.79 Å². The number of pyridine rings is 2. The summed E-state index contributed by atoms with van der Waals surface area (Å²) in [5.74, 6) is -0.149. The molecule has 0 aliphatic heterocycles. The van der Waals surface area contributed by atoms with Crippen LogP contribution in [0.5, 0.6) is 0 Å². The second kappa shape index (κ2) is 7.99. The summed E-state index contributed by atoms with van der Waals surface area (Å²) in [5, 5.41) is 6.13. The van der Waals surface area contributed by atoms with Crippen LogP contribution in [0.25, 0.3) is 0 Å². The Morgan fingerprint density at radius 2 is 1.95 bits per heavy atom. The van der Waals surface area contributed by atoms with Crippen LogP contribution >= 0.6 is 0 Å². The van der Waals surface area contributed by atoms with Crippen molar-refractivity contribution in [3.05, 3.63) is 54.1 Å². The van der Waals surface area contributed by atoms with Crippen LogP contribution in [0.2, 0.25) is 0 Å². The van der Waals surface area contributed by atoms with Crippen molar-refractivity contribution in [2.45, 2.75) is 19.8 Å². The first-order valence-corrected chi connectivity index (χ1v) is 7.16. The molecule has 2 N–H and O–H groups in total. The Morgan fingerprint density at radius 1 is 1.14 bits per heavy atom. The van der Waals surface area contributed by atoms with Crippen molar-refractivity contribution in [3.8, 4) is 0 Å². The van der Waals surface area contributed by atoms with Crippen LogP contribution in [0.15, 0.2) is 42.9 Å². The second-order valence-corrected chi connectivity index (χ2v) is 4.72. The summed E-state index contributed by atoms with van der Waals surface area (Å²) in [6.07, 6.45) is 6.97. The lowest BCUT2D eigenvalue weighted by Crippen LogP contribution is -2.26. The van der Waals surface area contributed by atoms with Gasteiger partial charge in [0, 0.05) is 37.4 Å². The molecule has 0 fully saturated rings. The predicted molar refractivity (Wildman–Crippen MR) is 83.3 cm³/mol. The second-order valence-electron chi connectivity index (χ2n) is 4.72. The summed E-state index contributed by atoms with van der Waals surface area (Å²) < 4.78 is 0. The molecule has 0 atom stereocenters. The normalized spacial score (nSPS) is 10.1. The number of nitrogens with one attached hydrogen (secondary N) is 2. The molecule has 0 saturated carbocycles. The molecule has 0 unspecified atom stereocenters. The number of carbonyl (C=O) groups is 1. The molecule has 2 aromatic rings. The zero-order valence-electron chi connectivity index (χ0n) is 12.2. The van der Waals surface area contributed by atoms with Crippen molar-refractivity contribution in [1.82, 2.24) is 15.3 Å². The molecule has 0 radical (unpaired) electrons. The Morgan fingerprint density at radius 3 is 2.71 bits per heavy atom. The largest absolute Gasteiger partial charge is 0.385 e. The molecule has 21 heavy (non-hydrogen) atoms. The fourth-order valence-electron chi connectivity index (χ4n) is 1.89. The van der Waals surface area contributed by atoms with Crippen LogP contribution in [0.3, 0.4) is 0 Å². The zero-order chi connectivity index (χ0) is 14.9. The van der Waals surface area contributed by atoms with Crippen molar-refractivity contribution in [1.29, 1.82) is 0 Å². The van der Waals surface area contributed by atoms with Crippen molar-refractivity contribution in [2.75, 3.05) is 18.4 Å². The summed E-state index contributed by atoms with van der Waals surface area (Å²) in [7, 11) is 0. The number of amides is 1.